The van der Waals surface area contributed by atoms with Crippen LogP contribution in [0.25, 0.3) is 16.9 Å². The van der Waals surface area contributed by atoms with Crippen LogP contribution in [-0.4, -0.2) is 34.9 Å². The highest BCUT2D eigenvalue weighted by Gasteiger charge is 2.15. The SMILES string of the molecule is CCN(CC#N)Cc1cn(-c2ccccc2)nc1-c1ccc(OC)cc1. The molecule has 0 bridgehead atoms. The summed E-state index contributed by atoms with van der Waals surface area (Å²) in [4.78, 5) is 2.10. The number of hydrogen-bond donors (Lipinski definition) is 0. The summed E-state index contributed by atoms with van der Waals surface area (Å²) in [5.41, 5.74) is 4.06. The van der Waals surface area contributed by atoms with E-state index in [1.165, 1.54) is 0 Å². The Morgan fingerprint density at radius 1 is 1.12 bits per heavy atom. The number of para-hydroxylation sites is 1. The van der Waals surface area contributed by atoms with Crippen molar-refractivity contribution < 1.29 is 4.74 Å². The molecular weight excluding hydrogens is 324 g/mol. The fourth-order valence-electron chi connectivity index (χ4n) is 2.85. The first-order valence-corrected chi connectivity index (χ1v) is 8.63. The van der Waals surface area contributed by atoms with Crippen molar-refractivity contribution in [2.45, 2.75) is 13.5 Å². The van der Waals surface area contributed by atoms with Gasteiger partial charge >= 0.3 is 0 Å². The number of nitriles is 1. The minimum atomic E-state index is 0.398. The number of nitrogens with zero attached hydrogens (tertiary/aromatic N) is 4. The maximum atomic E-state index is 9.05. The molecule has 0 unspecified atom stereocenters. The molecule has 0 amide bonds. The minimum absolute atomic E-state index is 0.398. The van der Waals surface area contributed by atoms with Gasteiger partial charge < -0.3 is 4.74 Å². The number of aromatic nitrogens is 2. The first-order valence-electron chi connectivity index (χ1n) is 8.63. The standard InChI is InChI=1S/C21H22N4O/c1-3-24(14-13-22)15-18-16-25(19-7-5-4-6-8-19)23-21(18)17-9-11-20(26-2)12-10-17/h4-12,16H,3,14-15H2,1-2H3. The van der Waals surface area contributed by atoms with E-state index in [0.29, 0.717) is 13.1 Å². The van der Waals surface area contributed by atoms with Crippen LogP contribution in [0, 0.1) is 11.3 Å². The molecule has 0 aliphatic heterocycles. The molecule has 3 rings (SSSR count). The number of methoxy groups -OCH3 is 1. The zero-order valence-electron chi connectivity index (χ0n) is 15.1. The Hall–Kier alpha value is -3.10. The van der Waals surface area contributed by atoms with Gasteiger partial charge in [-0.3, -0.25) is 4.90 Å². The van der Waals surface area contributed by atoms with Crippen molar-refractivity contribution in [2.75, 3.05) is 20.2 Å². The van der Waals surface area contributed by atoms with E-state index in [-0.39, 0.29) is 0 Å². The lowest BCUT2D eigenvalue weighted by Crippen LogP contribution is -2.23. The highest BCUT2D eigenvalue weighted by molar-refractivity contribution is 5.64. The van der Waals surface area contributed by atoms with Crippen LogP contribution in [0.5, 0.6) is 5.75 Å². The quantitative estimate of drug-likeness (QED) is 0.609. The monoisotopic (exact) mass is 346 g/mol. The summed E-state index contributed by atoms with van der Waals surface area (Å²) in [6, 6.07) is 20.2. The molecular formula is C21H22N4O. The van der Waals surface area contributed by atoms with Gasteiger partial charge in [0.05, 0.1) is 31.1 Å². The molecule has 0 atom stereocenters. The summed E-state index contributed by atoms with van der Waals surface area (Å²) in [5.74, 6) is 0.817. The summed E-state index contributed by atoms with van der Waals surface area (Å²) in [6.45, 7) is 3.95. The van der Waals surface area contributed by atoms with Crippen LogP contribution in [0.3, 0.4) is 0 Å². The Kier molecular flexibility index (Phi) is 5.67. The average molecular weight is 346 g/mol. The van der Waals surface area contributed by atoms with Gasteiger partial charge in [-0.15, -0.1) is 0 Å². The molecule has 3 aromatic rings. The van der Waals surface area contributed by atoms with Crippen LogP contribution >= 0.6 is 0 Å². The van der Waals surface area contributed by atoms with Gasteiger partial charge in [0.1, 0.15) is 5.75 Å². The number of rotatable bonds is 7. The molecule has 0 spiro atoms. The summed E-state index contributed by atoms with van der Waals surface area (Å²) < 4.78 is 7.15. The van der Waals surface area contributed by atoms with Crippen molar-refractivity contribution in [1.82, 2.24) is 14.7 Å². The van der Waals surface area contributed by atoms with Crippen molar-refractivity contribution in [3.05, 3.63) is 66.4 Å². The smallest absolute Gasteiger partial charge is 0.118 e. The number of benzene rings is 2. The predicted octanol–water partition coefficient (Wildman–Crippen LogP) is 3.89. The Morgan fingerprint density at radius 2 is 1.85 bits per heavy atom. The molecule has 0 saturated carbocycles. The zero-order chi connectivity index (χ0) is 18.4. The molecule has 0 radical (unpaired) electrons. The van der Waals surface area contributed by atoms with E-state index in [9.17, 15) is 0 Å². The summed E-state index contributed by atoms with van der Waals surface area (Å²) in [5, 5.41) is 13.9. The molecule has 5 nitrogen and oxygen atoms in total. The van der Waals surface area contributed by atoms with Crippen LogP contribution in [0.15, 0.2) is 60.8 Å². The average Bonchev–Trinajstić information content (AvgIpc) is 3.12. The van der Waals surface area contributed by atoms with E-state index in [1.54, 1.807) is 7.11 Å². The minimum Gasteiger partial charge on any atom is -0.497 e. The second-order valence-corrected chi connectivity index (χ2v) is 5.97. The van der Waals surface area contributed by atoms with Gasteiger partial charge in [-0.05, 0) is 42.9 Å². The van der Waals surface area contributed by atoms with Crippen molar-refractivity contribution in [3.8, 4) is 28.8 Å². The van der Waals surface area contributed by atoms with Gasteiger partial charge in [0, 0.05) is 23.9 Å². The van der Waals surface area contributed by atoms with E-state index >= 15 is 0 Å². The normalized spacial score (nSPS) is 10.7. The fourth-order valence-corrected chi connectivity index (χ4v) is 2.85. The van der Waals surface area contributed by atoms with Crippen molar-refractivity contribution >= 4 is 0 Å². The molecule has 26 heavy (non-hydrogen) atoms. The van der Waals surface area contributed by atoms with Crippen LogP contribution in [0.2, 0.25) is 0 Å². The molecule has 0 N–H and O–H groups in total. The molecule has 5 heteroatoms. The predicted molar refractivity (Wildman–Crippen MR) is 102 cm³/mol. The number of ether oxygens (including phenoxy) is 1. The van der Waals surface area contributed by atoms with Gasteiger partial charge in [0.25, 0.3) is 0 Å². The highest BCUT2D eigenvalue weighted by Crippen LogP contribution is 2.26. The lowest BCUT2D eigenvalue weighted by molar-refractivity contribution is 0.315. The summed E-state index contributed by atoms with van der Waals surface area (Å²) >= 11 is 0. The second kappa shape index (κ2) is 8.32. The largest absolute Gasteiger partial charge is 0.497 e. The third-order valence-corrected chi connectivity index (χ3v) is 4.31. The van der Waals surface area contributed by atoms with Gasteiger partial charge in [-0.2, -0.15) is 10.4 Å². The lowest BCUT2D eigenvalue weighted by atomic mass is 10.1. The molecule has 0 aliphatic rings. The Labute approximate surface area is 154 Å². The molecule has 0 saturated heterocycles. The van der Waals surface area contributed by atoms with E-state index < -0.39 is 0 Å². The van der Waals surface area contributed by atoms with E-state index in [0.717, 1.165) is 34.8 Å². The van der Waals surface area contributed by atoms with Crippen molar-refractivity contribution in [1.29, 1.82) is 5.26 Å². The fraction of sp³-hybridized carbons (Fsp3) is 0.238. The lowest BCUT2D eigenvalue weighted by Gasteiger charge is -2.16. The summed E-state index contributed by atoms with van der Waals surface area (Å²) in [6.07, 6.45) is 2.05. The highest BCUT2D eigenvalue weighted by atomic mass is 16.5. The van der Waals surface area contributed by atoms with Gasteiger partial charge in [-0.1, -0.05) is 25.1 Å². The van der Waals surface area contributed by atoms with Crippen LogP contribution < -0.4 is 4.74 Å². The van der Waals surface area contributed by atoms with Gasteiger partial charge in [-0.25, -0.2) is 4.68 Å². The molecule has 1 aromatic heterocycles. The third-order valence-electron chi connectivity index (χ3n) is 4.31. The molecule has 1 heterocycles. The number of hydrogen-bond acceptors (Lipinski definition) is 4. The third kappa shape index (κ3) is 3.93. The van der Waals surface area contributed by atoms with Crippen molar-refractivity contribution in [2.24, 2.45) is 0 Å². The molecule has 0 aliphatic carbocycles. The van der Waals surface area contributed by atoms with Crippen molar-refractivity contribution in [3.63, 3.8) is 0 Å². The maximum absolute atomic E-state index is 9.05. The second-order valence-electron chi connectivity index (χ2n) is 5.97. The van der Waals surface area contributed by atoms with Gasteiger partial charge in [0.2, 0.25) is 0 Å². The zero-order valence-corrected chi connectivity index (χ0v) is 15.1. The first-order chi connectivity index (χ1) is 12.7. The van der Waals surface area contributed by atoms with Gasteiger partial charge in [0.15, 0.2) is 0 Å². The molecule has 2 aromatic carbocycles. The van der Waals surface area contributed by atoms with E-state index in [4.69, 9.17) is 15.1 Å². The molecule has 0 fully saturated rings. The van der Waals surface area contributed by atoms with Crippen LogP contribution in [-0.2, 0) is 6.54 Å². The maximum Gasteiger partial charge on any atom is 0.118 e. The molecule has 132 valence electrons. The van der Waals surface area contributed by atoms with Crippen LogP contribution in [0.1, 0.15) is 12.5 Å². The van der Waals surface area contributed by atoms with E-state index in [2.05, 4.69) is 24.1 Å². The first kappa shape index (κ1) is 17.7. The Balaban J connectivity index is 2.02. The Morgan fingerprint density at radius 3 is 2.46 bits per heavy atom. The van der Waals surface area contributed by atoms with E-state index in [1.807, 2.05) is 59.3 Å². The van der Waals surface area contributed by atoms with Crippen LogP contribution in [0.4, 0.5) is 0 Å². The Bertz CT molecular complexity index is 879. The topological polar surface area (TPSA) is 54.1 Å². The summed E-state index contributed by atoms with van der Waals surface area (Å²) in [7, 11) is 1.66.